The number of hydrogen-bond donors (Lipinski definition) is 0. The second kappa shape index (κ2) is 6.13. The molecule has 116 valence electrons. The Morgan fingerprint density at radius 2 is 1.83 bits per heavy atom. The molecule has 1 heterocycles. The van der Waals surface area contributed by atoms with Crippen molar-refractivity contribution >= 4 is 38.5 Å². The number of halogens is 1. The first-order valence-corrected chi connectivity index (χ1v) is 8.30. The van der Waals surface area contributed by atoms with Crippen molar-refractivity contribution < 1.29 is 9.59 Å². The van der Waals surface area contributed by atoms with Crippen LogP contribution in [-0.2, 0) is 0 Å². The van der Waals surface area contributed by atoms with Gasteiger partial charge in [-0.3, -0.25) is 14.2 Å². The van der Waals surface area contributed by atoms with Gasteiger partial charge in [-0.1, -0.05) is 34.1 Å². The number of carbonyl (C=O) groups is 2. The standard InChI is InChI=1S/C19H16BrNO2/c1-12-5-3-4-6-16(12)19(23)21-10-9-14-11-15(7-8-17(14)21)18(22)13(2)20/h3-11,13H,1-2H3. The predicted octanol–water partition coefficient (Wildman–Crippen LogP) is 4.60. The van der Waals surface area contributed by atoms with Crippen molar-refractivity contribution in [3.05, 3.63) is 71.4 Å². The fraction of sp³-hybridized carbons (Fsp3) is 0.158. The van der Waals surface area contributed by atoms with Crippen molar-refractivity contribution in [1.29, 1.82) is 0 Å². The van der Waals surface area contributed by atoms with E-state index >= 15 is 0 Å². The molecule has 3 nitrogen and oxygen atoms in total. The van der Waals surface area contributed by atoms with Crippen LogP contribution in [0.4, 0.5) is 0 Å². The molecule has 0 aliphatic rings. The van der Waals surface area contributed by atoms with Gasteiger partial charge in [-0.2, -0.15) is 0 Å². The van der Waals surface area contributed by atoms with E-state index in [1.807, 2.05) is 49.4 Å². The highest BCUT2D eigenvalue weighted by atomic mass is 79.9. The van der Waals surface area contributed by atoms with Gasteiger partial charge in [0.25, 0.3) is 5.91 Å². The van der Waals surface area contributed by atoms with Gasteiger partial charge in [0.1, 0.15) is 0 Å². The molecule has 0 fully saturated rings. The topological polar surface area (TPSA) is 39.1 Å². The number of nitrogens with zero attached hydrogens (tertiary/aromatic N) is 1. The molecule has 0 spiro atoms. The molecule has 1 unspecified atom stereocenters. The molecule has 3 rings (SSSR count). The van der Waals surface area contributed by atoms with Crippen LogP contribution in [0, 0.1) is 6.92 Å². The van der Waals surface area contributed by atoms with Gasteiger partial charge in [-0.25, -0.2) is 0 Å². The van der Waals surface area contributed by atoms with Crippen LogP contribution in [0.2, 0.25) is 0 Å². The summed E-state index contributed by atoms with van der Waals surface area (Å²) in [5.74, 6) is -0.0316. The van der Waals surface area contributed by atoms with Gasteiger partial charge in [-0.15, -0.1) is 0 Å². The van der Waals surface area contributed by atoms with Crippen LogP contribution in [0.25, 0.3) is 10.9 Å². The number of Topliss-reactive ketones (excluding diaryl/α,β-unsaturated/α-hetero) is 1. The van der Waals surface area contributed by atoms with E-state index in [1.165, 1.54) is 0 Å². The molecule has 2 aromatic carbocycles. The Hall–Kier alpha value is -2.20. The summed E-state index contributed by atoms with van der Waals surface area (Å²) in [4.78, 5) is 24.6. The van der Waals surface area contributed by atoms with Crippen molar-refractivity contribution in [1.82, 2.24) is 4.57 Å². The van der Waals surface area contributed by atoms with E-state index in [2.05, 4.69) is 15.9 Å². The van der Waals surface area contributed by atoms with Gasteiger partial charge < -0.3 is 0 Å². The largest absolute Gasteiger partial charge is 0.293 e. The van der Waals surface area contributed by atoms with Gasteiger partial charge >= 0.3 is 0 Å². The molecule has 1 atom stereocenters. The van der Waals surface area contributed by atoms with E-state index < -0.39 is 0 Å². The average Bonchev–Trinajstić information content (AvgIpc) is 2.96. The van der Waals surface area contributed by atoms with Gasteiger partial charge in [0.15, 0.2) is 5.78 Å². The van der Waals surface area contributed by atoms with E-state index in [-0.39, 0.29) is 16.5 Å². The third-order valence-electron chi connectivity index (χ3n) is 3.93. The third kappa shape index (κ3) is 2.86. The lowest BCUT2D eigenvalue weighted by molar-refractivity contribution is 0.0963. The molecule has 0 aliphatic heterocycles. The molecular formula is C19H16BrNO2. The quantitative estimate of drug-likeness (QED) is 0.499. The van der Waals surface area contributed by atoms with Crippen LogP contribution < -0.4 is 0 Å². The summed E-state index contributed by atoms with van der Waals surface area (Å²) in [5.41, 5.74) is 3.07. The molecule has 1 aromatic heterocycles. The van der Waals surface area contributed by atoms with Crippen molar-refractivity contribution in [2.24, 2.45) is 0 Å². The van der Waals surface area contributed by atoms with E-state index in [9.17, 15) is 9.59 Å². The zero-order valence-electron chi connectivity index (χ0n) is 12.9. The van der Waals surface area contributed by atoms with E-state index in [1.54, 1.807) is 23.8 Å². The predicted molar refractivity (Wildman–Crippen MR) is 95.6 cm³/mol. The molecule has 0 radical (unpaired) electrons. The molecule has 23 heavy (non-hydrogen) atoms. The number of fused-ring (bicyclic) bond motifs is 1. The number of hydrogen-bond acceptors (Lipinski definition) is 2. The Morgan fingerprint density at radius 3 is 2.52 bits per heavy atom. The lowest BCUT2D eigenvalue weighted by Gasteiger charge is -2.08. The van der Waals surface area contributed by atoms with E-state index in [0.29, 0.717) is 11.1 Å². The Bertz CT molecular complexity index is 909. The number of rotatable bonds is 3. The maximum Gasteiger partial charge on any atom is 0.262 e. The Balaban J connectivity index is 2.05. The number of benzene rings is 2. The Morgan fingerprint density at radius 1 is 1.09 bits per heavy atom. The molecule has 0 saturated carbocycles. The Kier molecular flexibility index (Phi) is 4.18. The molecule has 4 heteroatoms. The van der Waals surface area contributed by atoms with Gasteiger partial charge in [0, 0.05) is 22.7 Å². The molecule has 3 aromatic rings. The monoisotopic (exact) mass is 369 g/mol. The molecule has 0 bridgehead atoms. The molecule has 0 N–H and O–H groups in total. The van der Waals surface area contributed by atoms with Crippen molar-refractivity contribution in [3.63, 3.8) is 0 Å². The van der Waals surface area contributed by atoms with Crippen molar-refractivity contribution in [2.75, 3.05) is 0 Å². The van der Waals surface area contributed by atoms with Crippen LogP contribution in [0.1, 0.15) is 33.2 Å². The lowest BCUT2D eigenvalue weighted by atomic mass is 10.1. The second-order valence-electron chi connectivity index (χ2n) is 5.56. The zero-order chi connectivity index (χ0) is 16.6. The highest BCUT2D eigenvalue weighted by molar-refractivity contribution is 9.10. The number of aromatic nitrogens is 1. The first-order chi connectivity index (χ1) is 11.0. The highest BCUT2D eigenvalue weighted by Crippen LogP contribution is 2.21. The number of ketones is 1. The number of aryl methyl sites for hydroxylation is 1. The normalized spacial score (nSPS) is 12.3. The number of carbonyl (C=O) groups excluding carboxylic acids is 2. The fourth-order valence-corrected chi connectivity index (χ4v) is 2.91. The summed E-state index contributed by atoms with van der Waals surface area (Å²) < 4.78 is 1.63. The first kappa shape index (κ1) is 15.7. The van der Waals surface area contributed by atoms with Crippen LogP contribution >= 0.6 is 15.9 Å². The average molecular weight is 370 g/mol. The summed E-state index contributed by atoms with van der Waals surface area (Å²) in [6.07, 6.45) is 1.76. The van der Waals surface area contributed by atoms with Crippen molar-refractivity contribution in [2.45, 2.75) is 18.7 Å². The minimum absolute atomic E-state index is 0.0323. The highest BCUT2D eigenvalue weighted by Gasteiger charge is 2.16. The molecular weight excluding hydrogens is 354 g/mol. The summed E-state index contributed by atoms with van der Waals surface area (Å²) in [6, 6.07) is 14.8. The van der Waals surface area contributed by atoms with Gasteiger partial charge in [0.05, 0.1) is 10.3 Å². The summed E-state index contributed by atoms with van der Waals surface area (Å²) >= 11 is 3.30. The van der Waals surface area contributed by atoms with Crippen molar-refractivity contribution in [3.8, 4) is 0 Å². The maximum atomic E-state index is 12.8. The fourth-order valence-electron chi connectivity index (χ4n) is 2.65. The van der Waals surface area contributed by atoms with Gasteiger partial charge in [-0.05, 0) is 49.7 Å². The van der Waals surface area contributed by atoms with E-state index in [4.69, 9.17) is 0 Å². The van der Waals surface area contributed by atoms with Crippen LogP contribution in [0.3, 0.4) is 0 Å². The van der Waals surface area contributed by atoms with Crippen LogP contribution in [0.15, 0.2) is 54.7 Å². The van der Waals surface area contributed by atoms with Crippen LogP contribution in [0.5, 0.6) is 0 Å². The minimum Gasteiger partial charge on any atom is -0.293 e. The zero-order valence-corrected chi connectivity index (χ0v) is 14.5. The summed E-state index contributed by atoms with van der Waals surface area (Å²) in [5, 5.41) is 0.880. The number of alkyl halides is 1. The van der Waals surface area contributed by atoms with Crippen LogP contribution in [-0.4, -0.2) is 21.1 Å². The molecule has 0 aliphatic carbocycles. The maximum absolute atomic E-state index is 12.8. The van der Waals surface area contributed by atoms with Gasteiger partial charge in [0.2, 0.25) is 0 Å². The first-order valence-electron chi connectivity index (χ1n) is 7.39. The lowest BCUT2D eigenvalue weighted by Crippen LogP contribution is -2.12. The Labute approximate surface area is 143 Å². The molecule has 0 amide bonds. The van der Waals surface area contributed by atoms with E-state index in [0.717, 1.165) is 16.5 Å². The smallest absolute Gasteiger partial charge is 0.262 e. The minimum atomic E-state index is -0.226. The summed E-state index contributed by atoms with van der Waals surface area (Å²) in [7, 11) is 0. The third-order valence-corrected chi connectivity index (χ3v) is 4.35. The SMILES string of the molecule is Cc1ccccc1C(=O)n1ccc2cc(C(=O)C(C)Br)ccc21. The molecule has 0 saturated heterocycles. The second-order valence-corrected chi connectivity index (χ2v) is 6.93. The summed E-state index contributed by atoms with van der Waals surface area (Å²) in [6.45, 7) is 3.73.